The summed E-state index contributed by atoms with van der Waals surface area (Å²) >= 11 is 0. The van der Waals surface area contributed by atoms with Crippen LogP contribution in [0, 0.1) is 41.5 Å². The zero-order valence-corrected chi connectivity index (χ0v) is 56.6. The smallest absolute Gasteiger partial charge is 0.0622 e. The van der Waals surface area contributed by atoms with E-state index in [-0.39, 0.29) is 30.2 Å². The van der Waals surface area contributed by atoms with Crippen LogP contribution in [-0.2, 0) is 0 Å². The van der Waals surface area contributed by atoms with Crippen molar-refractivity contribution in [3.63, 3.8) is 0 Å². The molecule has 0 unspecified atom stereocenters. The Kier molecular flexibility index (Phi) is 19.8. The molecule has 0 fully saturated rings. The summed E-state index contributed by atoms with van der Waals surface area (Å²) in [5.41, 5.74) is 22.2. The summed E-state index contributed by atoms with van der Waals surface area (Å²) in [7, 11) is 0. The van der Waals surface area contributed by atoms with Crippen molar-refractivity contribution in [3.05, 3.63) is 422 Å². The van der Waals surface area contributed by atoms with E-state index in [2.05, 4.69) is 393 Å². The molecule has 0 heterocycles. The Labute approximate surface area is 587 Å². The van der Waals surface area contributed by atoms with Gasteiger partial charge in [-0.2, -0.15) is 0 Å². The highest BCUT2D eigenvalue weighted by atomic mass is 14.1. The van der Waals surface area contributed by atoms with Gasteiger partial charge < -0.3 is 0 Å². The molecule has 0 saturated carbocycles. The molecule has 0 aliphatic rings. The molecule has 17 aromatic rings. The first-order valence-corrected chi connectivity index (χ1v) is 33.5. The van der Waals surface area contributed by atoms with Gasteiger partial charge in [-0.05, 0) is 186 Å². The second-order valence-corrected chi connectivity index (χ2v) is 24.9. The third kappa shape index (κ3) is 17.3. The van der Waals surface area contributed by atoms with Gasteiger partial charge in [-0.1, -0.05) is 398 Å². The number of fused-ring (bicyclic) bond motifs is 5. The molecule has 0 aliphatic carbocycles. The number of rotatable bonds is 6. The summed E-state index contributed by atoms with van der Waals surface area (Å²) in [6, 6.07) is 126. The Hall–Kier alpha value is -12.0. The number of aryl methyl sites for hydroxylation is 5. The van der Waals surface area contributed by atoms with E-state index in [1.807, 2.05) is 0 Å². The van der Waals surface area contributed by atoms with Crippen molar-refractivity contribution < 1.29 is 6.85 Å². The molecule has 0 nitrogen and oxygen atoms in total. The normalized spacial score (nSPS) is 11.3. The van der Waals surface area contributed by atoms with E-state index in [1.165, 1.54) is 155 Å². The van der Waals surface area contributed by atoms with Gasteiger partial charge in [0.25, 0.3) is 0 Å². The first-order chi connectivity index (χ1) is 50.1. The minimum atomic E-state index is -0.337. The van der Waals surface area contributed by atoms with Gasteiger partial charge in [0.2, 0.25) is 0 Å². The molecular weight excluding hydrogens is 1180 g/mol. The summed E-state index contributed by atoms with van der Waals surface area (Å²) in [6.45, 7) is 12.2. The summed E-state index contributed by atoms with van der Waals surface area (Å²) in [5, 5.41) is 13.0. The highest BCUT2D eigenvalue weighted by Crippen LogP contribution is 2.35. The molecule has 0 amide bonds. The van der Waals surface area contributed by atoms with Crippen molar-refractivity contribution in [2.45, 2.75) is 41.5 Å². The van der Waals surface area contributed by atoms with Crippen molar-refractivity contribution in [1.82, 2.24) is 0 Å². The van der Waals surface area contributed by atoms with Crippen LogP contribution in [0.15, 0.2) is 388 Å². The van der Waals surface area contributed by atoms with E-state index in [0.29, 0.717) is 5.56 Å². The van der Waals surface area contributed by atoms with Gasteiger partial charge in [0, 0.05) is 0 Å². The zero-order chi connectivity index (χ0) is 71.8. The molecule has 0 heteroatoms. The highest BCUT2D eigenvalue weighted by Gasteiger charge is 2.09. The van der Waals surface area contributed by atoms with Crippen LogP contribution in [0.4, 0.5) is 0 Å². The second-order valence-electron chi connectivity index (χ2n) is 24.9. The van der Waals surface area contributed by atoms with Crippen LogP contribution < -0.4 is 0 Å². The van der Waals surface area contributed by atoms with Crippen molar-refractivity contribution >= 4 is 53.9 Å². The third-order valence-electron chi connectivity index (χ3n) is 17.4. The largest absolute Gasteiger partial charge is 0.0625 e. The molecule has 0 bridgehead atoms. The predicted octanol–water partition coefficient (Wildman–Crippen LogP) is 27.7. The first-order valence-electron chi connectivity index (χ1n) is 36.0. The van der Waals surface area contributed by atoms with Gasteiger partial charge in [0.05, 0.1) is 6.85 Å². The molecule has 0 N–H and O–H groups in total. The maximum atomic E-state index is 7.31. The molecule has 98 heavy (non-hydrogen) atoms. The molecule has 0 aromatic heterocycles. The van der Waals surface area contributed by atoms with E-state index in [9.17, 15) is 0 Å². The minimum absolute atomic E-state index is 0.124. The predicted molar refractivity (Wildman–Crippen MR) is 427 cm³/mol. The number of hydrogen-bond acceptors (Lipinski definition) is 0. The fraction of sp³-hybridized carbons (Fsp3) is 0.0612. The lowest BCUT2D eigenvalue weighted by Gasteiger charge is -2.11. The van der Waals surface area contributed by atoms with Crippen molar-refractivity contribution in [3.8, 4) is 66.8 Å². The van der Waals surface area contributed by atoms with E-state index in [1.54, 1.807) is 0 Å². The second kappa shape index (κ2) is 32.5. The van der Waals surface area contributed by atoms with E-state index >= 15 is 0 Å². The topological polar surface area (TPSA) is 0 Å². The van der Waals surface area contributed by atoms with Crippen LogP contribution in [0.2, 0.25) is 0 Å². The molecule has 474 valence electrons. The molecule has 0 radical (unpaired) electrons. The fourth-order valence-corrected chi connectivity index (χ4v) is 12.3. The van der Waals surface area contributed by atoms with Crippen LogP contribution in [0.25, 0.3) is 121 Å². The van der Waals surface area contributed by atoms with E-state index < -0.39 is 0 Å². The zero-order valence-electron chi connectivity index (χ0n) is 61.6. The van der Waals surface area contributed by atoms with E-state index in [4.69, 9.17) is 6.85 Å². The summed E-state index contributed by atoms with van der Waals surface area (Å²) in [5.74, 6) is 0. The summed E-state index contributed by atoms with van der Waals surface area (Å²) in [4.78, 5) is 0. The van der Waals surface area contributed by atoms with E-state index in [0.717, 1.165) is 0 Å². The van der Waals surface area contributed by atoms with Gasteiger partial charge >= 0.3 is 0 Å². The average Bonchev–Trinajstić information content (AvgIpc) is 0.821. The van der Waals surface area contributed by atoms with Crippen molar-refractivity contribution in [2.75, 3.05) is 0 Å². The van der Waals surface area contributed by atoms with Crippen LogP contribution >= 0.6 is 0 Å². The fourth-order valence-electron chi connectivity index (χ4n) is 12.3. The lowest BCUT2D eigenvalue weighted by molar-refractivity contribution is 1.46. The molecule has 0 aliphatic heterocycles. The Morgan fingerprint density at radius 2 is 0.490 bits per heavy atom. The Bertz CT molecular complexity index is 5620. The number of hydrogen-bond donors (Lipinski definition) is 0. The Balaban J connectivity index is 0.000000118. The van der Waals surface area contributed by atoms with Gasteiger partial charge in [-0.25, -0.2) is 0 Å². The summed E-state index contributed by atoms with van der Waals surface area (Å²) < 4.78 is 36.3. The van der Waals surface area contributed by atoms with Crippen LogP contribution in [0.5, 0.6) is 0 Å². The Morgan fingerprint density at radius 3 is 0.990 bits per heavy atom. The van der Waals surface area contributed by atoms with Gasteiger partial charge in [-0.15, -0.1) is 0 Å². The average molecular weight is 1260 g/mol. The molecule has 17 aromatic carbocycles. The van der Waals surface area contributed by atoms with Gasteiger partial charge in [-0.3, -0.25) is 0 Å². The minimum Gasteiger partial charge on any atom is -0.0622 e. The van der Waals surface area contributed by atoms with Crippen molar-refractivity contribution in [2.24, 2.45) is 0 Å². The standard InChI is InChI=1S/C23H18.4C17H14.C7H8/c1-17-14-20(18-8-3-2-4-9-18)16-21(15-17)23-13-7-11-19-10-5-6-12-22(19)23;1-13-6-4-9-15(12-13)17-11-5-8-14-7-2-3-10-16(14)17;1-13-5-4-8-15(11-13)17-10-9-14-6-2-3-7-16(14)12-17;1-13-9-11-15(12-10-13)17-8-4-6-14-5-2-3-7-16(14)17;1-13-6-8-15(9-7-13)17-11-10-14-4-2-3-5-16(14)12-17;1-7-5-3-2-4-6-7/h2-16H,1H3;4*2-12H,1H3;2-6H,1H3/i;;;;;2D,3D,4D,5D,6D. The Morgan fingerprint density at radius 1 is 0.163 bits per heavy atom. The van der Waals surface area contributed by atoms with Crippen LogP contribution in [0.1, 0.15) is 40.2 Å². The van der Waals surface area contributed by atoms with Gasteiger partial charge in [0.15, 0.2) is 0 Å². The van der Waals surface area contributed by atoms with Crippen LogP contribution in [-0.4, -0.2) is 0 Å². The first kappa shape index (κ1) is 59.8. The maximum Gasteiger partial charge on any atom is 0.0625 e. The number of benzene rings is 17. The molecule has 0 spiro atoms. The monoisotopic (exact) mass is 1260 g/mol. The highest BCUT2D eigenvalue weighted by molar-refractivity contribution is 5.99. The van der Waals surface area contributed by atoms with Crippen LogP contribution in [0.3, 0.4) is 0 Å². The molecule has 0 atom stereocenters. The lowest BCUT2D eigenvalue weighted by Crippen LogP contribution is -1.86. The lowest BCUT2D eigenvalue weighted by atomic mass is 9.93. The SMILES string of the molecule is Cc1cc(-c2ccccc2)cc(-c2cccc3ccccc23)c1.Cc1ccc(-c2ccc3ccccc3c2)cc1.Cc1ccc(-c2cccc3ccccc23)cc1.Cc1cccc(-c2ccc3ccccc3c2)c1.Cc1cccc(-c2cccc3ccccc23)c1.[2H]c1c([2H])c([2H])c(C)c([2H])c1[2H]. The molecule has 0 saturated heterocycles. The van der Waals surface area contributed by atoms with Gasteiger partial charge in [0.1, 0.15) is 0 Å². The maximum absolute atomic E-state index is 7.31. The molecular formula is C98H82. The molecule has 17 rings (SSSR count). The quantitative estimate of drug-likeness (QED) is 0.156. The van der Waals surface area contributed by atoms with Crippen molar-refractivity contribution in [1.29, 1.82) is 0 Å². The third-order valence-corrected chi connectivity index (χ3v) is 17.4. The summed E-state index contributed by atoms with van der Waals surface area (Å²) in [6.07, 6.45) is 0.